The minimum atomic E-state index is 0.365. The van der Waals surface area contributed by atoms with Crippen molar-refractivity contribution in [3.8, 4) is 0 Å². The molecule has 0 radical (unpaired) electrons. The molecule has 7 heteroatoms. The van der Waals surface area contributed by atoms with Gasteiger partial charge in [-0.25, -0.2) is 15.0 Å². The Kier molecular flexibility index (Phi) is 3.09. The van der Waals surface area contributed by atoms with E-state index in [-0.39, 0.29) is 0 Å². The van der Waals surface area contributed by atoms with Crippen molar-refractivity contribution in [3.63, 3.8) is 0 Å². The standard InChI is InChI=1S/C11H15N5OS/c1-17-4-7-2-3-8(18-7)16-6-15-9-10(12)13-5-14-11(9)16/h5-8H,2-4H2,1H3,(H2,12,13,14)/t7-,8+/m0/s1. The molecule has 0 saturated carbocycles. The summed E-state index contributed by atoms with van der Waals surface area (Å²) in [6.07, 6.45) is 5.56. The number of aromatic nitrogens is 4. The number of nitrogens with zero attached hydrogens (tertiary/aromatic N) is 4. The van der Waals surface area contributed by atoms with Crippen molar-refractivity contribution in [1.82, 2.24) is 19.5 Å². The Morgan fingerprint density at radius 3 is 3.17 bits per heavy atom. The fourth-order valence-corrected chi connectivity index (χ4v) is 3.77. The molecular formula is C11H15N5OS. The lowest BCUT2D eigenvalue weighted by Gasteiger charge is -2.12. The van der Waals surface area contributed by atoms with Crippen LogP contribution in [0.3, 0.4) is 0 Å². The molecule has 0 bridgehead atoms. The van der Waals surface area contributed by atoms with E-state index in [9.17, 15) is 0 Å². The molecule has 3 heterocycles. The molecular weight excluding hydrogens is 250 g/mol. The largest absolute Gasteiger partial charge is 0.384 e. The maximum absolute atomic E-state index is 5.79. The van der Waals surface area contributed by atoms with Gasteiger partial charge in [-0.1, -0.05) is 0 Å². The number of nitrogen functional groups attached to an aromatic ring is 1. The van der Waals surface area contributed by atoms with Crippen molar-refractivity contribution in [2.75, 3.05) is 19.5 Å². The van der Waals surface area contributed by atoms with Crippen LogP contribution in [-0.2, 0) is 4.74 Å². The summed E-state index contributed by atoms with van der Waals surface area (Å²) < 4.78 is 7.30. The first-order valence-electron chi connectivity index (χ1n) is 5.87. The zero-order valence-corrected chi connectivity index (χ0v) is 10.9. The van der Waals surface area contributed by atoms with E-state index in [0.29, 0.717) is 22.0 Å². The molecule has 1 aliphatic heterocycles. The molecule has 18 heavy (non-hydrogen) atoms. The fraction of sp³-hybridized carbons (Fsp3) is 0.545. The van der Waals surface area contributed by atoms with Gasteiger partial charge in [0.25, 0.3) is 0 Å². The van der Waals surface area contributed by atoms with Crippen LogP contribution in [0, 0.1) is 0 Å². The molecule has 96 valence electrons. The van der Waals surface area contributed by atoms with Gasteiger partial charge in [-0.3, -0.25) is 0 Å². The number of fused-ring (bicyclic) bond motifs is 1. The zero-order chi connectivity index (χ0) is 12.5. The van der Waals surface area contributed by atoms with Gasteiger partial charge in [0.1, 0.15) is 11.8 Å². The number of hydrogen-bond acceptors (Lipinski definition) is 6. The summed E-state index contributed by atoms with van der Waals surface area (Å²) in [6.45, 7) is 0.797. The Balaban J connectivity index is 1.89. The third-order valence-corrected chi connectivity index (χ3v) is 4.67. The molecule has 2 N–H and O–H groups in total. The quantitative estimate of drug-likeness (QED) is 0.905. The summed E-state index contributed by atoms with van der Waals surface area (Å²) >= 11 is 1.91. The monoisotopic (exact) mass is 265 g/mol. The molecule has 2 atom stereocenters. The van der Waals surface area contributed by atoms with Crippen molar-refractivity contribution in [2.24, 2.45) is 0 Å². The van der Waals surface area contributed by atoms with E-state index in [2.05, 4.69) is 19.5 Å². The summed E-state index contributed by atoms with van der Waals surface area (Å²) in [7, 11) is 1.74. The molecule has 0 aliphatic carbocycles. The lowest BCUT2D eigenvalue weighted by Crippen LogP contribution is -2.06. The molecule has 1 saturated heterocycles. The highest BCUT2D eigenvalue weighted by molar-refractivity contribution is 8.00. The van der Waals surface area contributed by atoms with Gasteiger partial charge in [0.15, 0.2) is 11.5 Å². The zero-order valence-electron chi connectivity index (χ0n) is 10.1. The lowest BCUT2D eigenvalue weighted by atomic mass is 10.2. The van der Waals surface area contributed by atoms with Crippen molar-refractivity contribution in [3.05, 3.63) is 12.7 Å². The van der Waals surface area contributed by atoms with Gasteiger partial charge in [0.05, 0.1) is 18.3 Å². The first-order chi connectivity index (χ1) is 8.79. The summed E-state index contributed by atoms with van der Waals surface area (Å²) in [5.74, 6) is 0.440. The number of methoxy groups -OCH3 is 1. The molecule has 0 aromatic carbocycles. The van der Waals surface area contributed by atoms with E-state index < -0.39 is 0 Å². The van der Waals surface area contributed by atoms with E-state index in [1.54, 1.807) is 7.11 Å². The minimum absolute atomic E-state index is 0.365. The molecule has 0 unspecified atom stereocenters. The van der Waals surface area contributed by atoms with Crippen molar-refractivity contribution in [1.29, 1.82) is 0 Å². The average molecular weight is 265 g/mol. The van der Waals surface area contributed by atoms with E-state index in [0.717, 1.165) is 25.1 Å². The van der Waals surface area contributed by atoms with Gasteiger partial charge in [0.2, 0.25) is 0 Å². The molecule has 6 nitrogen and oxygen atoms in total. The Bertz CT molecular complexity index is 557. The third-order valence-electron chi connectivity index (χ3n) is 3.14. The molecule has 0 spiro atoms. The highest BCUT2D eigenvalue weighted by atomic mass is 32.2. The normalized spacial score (nSPS) is 23.8. The Labute approximate surface area is 109 Å². The van der Waals surface area contributed by atoms with Crippen LogP contribution in [0.15, 0.2) is 12.7 Å². The number of ether oxygens (including phenoxy) is 1. The van der Waals surface area contributed by atoms with Gasteiger partial charge in [-0.05, 0) is 12.8 Å². The van der Waals surface area contributed by atoms with Crippen molar-refractivity contribution >= 4 is 28.7 Å². The van der Waals surface area contributed by atoms with Gasteiger partial charge < -0.3 is 15.0 Å². The SMILES string of the molecule is COC[C@@H]1CC[C@H](n2cnc3c(N)ncnc32)S1. The fourth-order valence-electron chi connectivity index (χ4n) is 2.28. The van der Waals surface area contributed by atoms with Crippen LogP contribution in [0.5, 0.6) is 0 Å². The Hall–Kier alpha value is -1.34. The summed E-state index contributed by atoms with van der Waals surface area (Å²) in [4.78, 5) is 12.5. The van der Waals surface area contributed by atoms with Gasteiger partial charge in [-0.2, -0.15) is 0 Å². The van der Waals surface area contributed by atoms with E-state index in [1.165, 1.54) is 6.33 Å². The summed E-state index contributed by atoms with van der Waals surface area (Å²) in [5.41, 5.74) is 7.30. The van der Waals surface area contributed by atoms with Crippen LogP contribution >= 0.6 is 11.8 Å². The second-order valence-electron chi connectivity index (χ2n) is 4.33. The van der Waals surface area contributed by atoms with Gasteiger partial charge in [-0.15, -0.1) is 11.8 Å². The van der Waals surface area contributed by atoms with Crippen LogP contribution in [-0.4, -0.2) is 38.5 Å². The Morgan fingerprint density at radius 2 is 2.33 bits per heavy atom. The number of rotatable bonds is 3. The Morgan fingerprint density at radius 1 is 1.44 bits per heavy atom. The number of nitrogens with two attached hydrogens (primary N) is 1. The predicted octanol–water partition coefficient (Wildman–Crippen LogP) is 1.45. The van der Waals surface area contributed by atoms with Crippen molar-refractivity contribution in [2.45, 2.75) is 23.5 Å². The molecule has 2 aromatic heterocycles. The van der Waals surface area contributed by atoms with Crippen LogP contribution < -0.4 is 5.73 Å². The summed E-state index contributed by atoms with van der Waals surface area (Å²) in [5, 5.41) is 0.918. The number of thioether (sulfide) groups is 1. The van der Waals surface area contributed by atoms with E-state index in [1.807, 2.05) is 18.1 Å². The van der Waals surface area contributed by atoms with Crippen molar-refractivity contribution < 1.29 is 4.74 Å². The highest BCUT2D eigenvalue weighted by Gasteiger charge is 2.28. The van der Waals surface area contributed by atoms with Crippen LogP contribution in [0.1, 0.15) is 18.2 Å². The summed E-state index contributed by atoms with van der Waals surface area (Å²) in [6, 6.07) is 0. The second-order valence-corrected chi connectivity index (χ2v) is 5.81. The molecule has 1 aliphatic rings. The highest BCUT2D eigenvalue weighted by Crippen LogP contribution is 2.42. The maximum Gasteiger partial charge on any atom is 0.166 e. The smallest absolute Gasteiger partial charge is 0.166 e. The lowest BCUT2D eigenvalue weighted by molar-refractivity contribution is 0.198. The maximum atomic E-state index is 5.79. The third kappa shape index (κ3) is 1.93. The molecule has 2 aromatic rings. The molecule has 0 amide bonds. The number of hydrogen-bond donors (Lipinski definition) is 1. The van der Waals surface area contributed by atoms with Crippen LogP contribution in [0.4, 0.5) is 5.82 Å². The molecule has 1 fully saturated rings. The second kappa shape index (κ2) is 4.74. The average Bonchev–Trinajstić information content (AvgIpc) is 2.96. The predicted molar refractivity (Wildman–Crippen MR) is 71.3 cm³/mol. The van der Waals surface area contributed by atoms with E-state index in [4.69, 9.17) is 10.5 Å². The van der Waals surface area contributed by atoms with E-state index >= 15 is 0 Å². The minimum Gasteiger partial charge on any atom is -0.384 e. The van der Waals surface area contributed by atoms with Gasteiger partial charge in [0, 0.05) is 12.4 Å². The van der Waals surface area contributed by atoms with Gasteiger partial charge >= 0.3 is 0 Å². The number of imidazole rings is 1. The number of anilines is 1. The first kappa shape index (κ1) is 11.7. The topological polar surface area (TPSA) is 78.9 Å². The first-order valence-corrected chi connectivity index (χ1v) is 6.81. The van der Waals surface area contributed by atoms with Crippen LogP contribution in [0.25, 0.3) is 11.2 Å². The van der Waals surface area contributed by atoms with Crippen LogP contribution in [0.2, 0.25) is 0 Å². The molecule has 3 rings (SSSR count).